The molecule has 0 radical (unpaired) electrons. The van der Waals surface area contributed by atoms with E-state index in [0.717, 1.165) is 0 Å². The van der Waals surface area contributed by atoms with Crippen molar-refractivity contribution in [2.45, 2.75) is 10.1 Å². The number of nitrogens with one attached hydrogen (secondary N) is 1. The summed E-state index contributed by atoms with van der Waals surface area (Å²) in [6.07, 6.45) is -0.694. The second-order valence-corrected chi connectivity index (χ2v) is 8.56. The summed E-state index contributed by atoms with van der Waals surface area (Å²) < 4.78 is 31.2. The van der Waals surface area contributed by atoms with E-state index in [4.69, 9.17) is 4.74 Å². The quantitative estimate of drug-likeness (QED) is 0.692. The van der Waals surface area contributed by atoms with Crippen molar-refractivity contribution in [2.75, 3.05) is 6.54 Å². The zero-order chi connectivity index (χ0) is 18.4. The van der Waals surface area contributed by atoms with Crippen LogP contribution in [0.25, 0.3) is 0 Å². The van der Waals surface area contributed by atoms with Gasteiger partial charge in [-0.25, -0.2) is 13.2 Å². The van der Waals surface area contributed by atoms with Crippen LogP contribution in [0.4, 0.5) is 4.79 Å². The molecule has 0 aliphatic rings. The van der Waals surface area contributed by atoms with Crippen molar-refractivity contribution in [3.05, 3.63) is 83.1 Å². The van der Waals surface area contributed by atoms with Crippen molar-refractivity contribution < 1.29 is 17.9 Å². The molecule has 2 aromatic carbocycles. The number of para-hydroxylation sites is 1. The molecule has 7 heteroatoms. The van der Waals surface area contributed by atoms with Gasteiger partial charge in [-0.2, -0.15) is 0 Å². The van der Waals surface area contributed by atoms with Gasteiger partial charge in [0.1, 0.15) is 11.0 Å². The lowest BCUT2D eigenvalue weighted by molar-refractivity contribution is 0.200. The van der Waals surface area contributed by atoms with Crippen LogP contribution in [0.15, 0.2) is 83.1 Å². The topological polar surface area (TPSA) is 72.5 Å². The lowest BCUT2D eigenvalue weighted by Crippen LogP contribution is -2.33. The fourth-order valence-electron chi connectivity index (χ4n) is 2.42. The Morgan fingerprint density at radius 1 is 0.962 bits per heavy atom. The van der Waals surface area contributed by atoms with Crippen molar-refractivity contribution in [3.8, 4) is 5.75 Å². The predicted octanol–water partition coefficient (Wildman–Crippen LogP) is 4.05. The first-order valence-corrected chi connectivity index (χ1v) is 10.3. The summed E-state index contributed by atoms with van der Waals surface area (Å²) in [5.41, 5.74) is 0. The Morgan fingerprint density at radius 3 is 2.23 bits per heavy atom. The molecule has 0 aliphatic heterocycles. The highest BCUT2D eigenvalue weighted by molar-refractivity contribution is 7.91. The van der Waals surface area contributed by atoms with Crippen molar-refractivity contribution in [2.24, 2.45) is 0 Å². The molecule has 1 aromatic heterocycles. The smallest absolute Gasteiger partial charge is 0.410 e. The monoisotopic (exact) mass is 387 g/mol. The zero-order valence-corrected chi connectivity index (χ0v) is 15.4. The summed E-state index contributed by atoms with van der Waals surface area (Å²) in [7, 11) is -3.65. The predicted molar refractivity (Wildman–Crippen MR) is 101 cm³/mol. The van der Waals surface area contributed by atoms with Crippen molar-refractivity contribution >= 4 is 27.3 Å². The van der Waals surface area contributed by atoms with E-state index in [1.54, 1.807) is 66.7 Å². The van der Waals surface area contributed by atoms with Gasteiger partial charge in [0.2, 0.25) is 0 Å². The Kier molecular flexibility index (Phi) is 5.70. The minimum absolute atomic E-state index is 0.0800. The standard InChI is InChI=1S/C19H17NO4S2/c21-19(24-15-8-3-1-4-9-15)20-14-18(17-12-7-13-25-17)26(22,23)16-10-5-2-6-11-16/h1-13,18H,14H2,(H,20,21)/t18-/m0/s1. The molecule has 1 atom stereocenters. The largest absolute Gasteiger partial charge is 0.412 e. The highest BCUT2D eigenvalue weighted by Crippen LogP contribution is 2.31. The van der Waals surface area contributed by atoms with Crippen LogP contribution in [0.2, 0.25) is 0 Å². The van der Waals surface area contributed by atoms with Gasteiger partial charge >= 0.3 is 6.09 Å². The van der Waals surface area contributed by atoms with Gasteiger partial charge in [0.25, 0.3) is 0 Å². The maximum absolute atomic E-state index is 13.0. The number of thiophene rings is 1. The first-order valence-electron chi connectivity index (χ1n) is 7.90. The average molecular weight is 387 g/mol. The van der Waals surface area contributed by atoms with E-state index in [-0.39, 0.29) is 11.4 Å². The van der Waals surface area contributed by atoms with Crippen molar-refractivity contribution in [1.29, 1.82) is 0 Å². The Morgan fingerprint density at radius 2 is 1.62 bits per heavy atom. The molecule has 0 spiro atoms. The Bertz CT molecular complexity index is 940. The highest BCUT2D eigenvalue weighted by atomic mass is 32.2. The highest BCUT2D eigenvalue weighted by Gasteiger charge is 2.30. The molecule has 0 unspecified atom stereocenters. The summed E-state index contributed by atoms with van der Waals surface area (Å²) in [4.78, 5) is 12.9. The minimum Gasteiger partial charge on any atom is -0.410 e. The number of rotatable bonds is 6. The van der Waals surface area contributed by atoms with Gasteiger partial charge in [-0.3, -0.25) is 0 Å². The lowest BCUT2D eigenvalue weighted by atomic mass is 10.3. The van der Waals surface area contributed by atoms with E-state index in [9.17, 15) is 13.2 Å². The number of hydrogen-bond acceptors (Lipinski definition) is 5. The molecule has 134 valence electrons. The maximum atomic E-state index is 13.0. The second kappa shape index (κ2) is 8.16. The molecule has 1 N–H and O–H groups in total. The molecule has 0 saturated heterocycles. The number of hydrogen-bond donors (Lipinski definition) is 1. The number of amides is 1. The fourth-order valence-corrected chi connectivity index (χ4v) is 5.23. The summed E-state index contributed by atoms with van der Waals surface area (Å²) in [5.74, 6) is 0.392. The fraction of sp³-hybridized carbons (Fsp3) is 0.105. The third-order valence-corrected chi connectivity index (χ3v) is 6.93. The molecular formula is C19H17NO4S2. The van der Waals surface area contributed by atoms with E-state index >= 15 is 0 Å². The summed E-state index contributed by atoms with van der Waals surface area (Å²) in [5, 5.41) is 3.49. The first-order chi connectivity index (χ1) is 12.6. The maximum Gasteiger partial charge on any atom is 0.412 e. The van der Waals surface area contributed by atoms with Gasteiger partial charge < -0.3 is 10.1 Å². The van der Waals surface area contributed by atoms with Gasteiger partial charge in [0, 0.05) is 11.4 Å². The van der Waals surface area contributed by atoms with Gasteiger partial charge in [-0.05, 0) is 35.7 Å². The first kappa shape index (κ1) is 18.2. The molecule has 1 amide bonds. The molecule has 3 aromatic rings. The van der Waals surface area contributed by atoms with Crippen LogP contribution >= 0.6 is 11.3 Å². The van der Waals surface area contributed by atoms with E-state index < -0.39 is 21.2 Å². The van der Waals surface area contributed by atoms with Crippen LogP contribution in [0.3, 0.4) is 0 Å². The van der Waals surface area contributed by atoms with Gasteiger partial charge in [-0.1, -0.05) is 42.5 Å². The van der Waals surface area contributed by atoms with Crippen LogP contribution < -0.4 is 10.1 Å². The number of carbonyl (C=O) groups is 1. The summed E-state index contributed by atoms with van der Waals surface area (Å²) in [6, 6.07) is 20.4. The van der Waals surface area contributed by atoms with Crippen LogP contribution in [0, 0.1) is 0 Å². The van der Waals surface area contributed by atoms with E-state index in [1.165, 1.54) is 11.3 Å². The van der Waals surface area contributed by atoms with Crippen LogP contribution in [0.1, 0.15) is 10.1 Å². The van der Waals surface area contributed by atoms with Gasteiger partial charge in [0.05, 0.1) is 4.90 Å². The normalized spacial score (nSPS) is 12.3. The molecule has 5 nitrogen and oxygen atoms in total. The van der Waals surface area contributed by atoms with Crippen LogP contribution in [-0.4, -0.2) is 21.1 Å². The molecule has 1 heterocycles. The number of benzene rings is 2. The summed E-state index contributed by atoms with van der Waals surface area (Å²) in [6.45, 7) is -0.0800. The van der Waals surface area contributed by atoms with Gasteiger partial charge in [0.15, 0.2) is 9.84 Å². The van der Waals surface area contributed by atoms with Crippen LogP contribution in [0.5, 0.6) is 5.75 Å². The van der Waals surface area contributed by atoms with Crippen molar-refractivity contribution in [3.63, 3.8) is 0 Å². The SMILES string of the molecule is O=C(NC[C@@H](c1cccs1)S(=O)(=O)c1ccccc1)Oc1ccccc1. The third-order valence-electron chi connectivity index (χ3n) is 3.69. The molecule has 26 heavy (non-hydrogen) atoms. The van der Waals surface area contributed by atoms with E-state index in [0.29, 0.717) is 10.6 Å². The number of sulfone groups is 1. The molecule has 0 fully saturated rings. The van der Waals surface area contributed by atoms with E-state index in [1.807, 2.05) is 11.4 Å². The average Bonchev–Trinajstić information content (AvgIpc) is 3.17. The minimum atomic E-state index is -3.65. The molecule has 0 saturated carbocycles. The van der Waals surface area contributed by atoms with Gasteiger partial charge in [-0.15, -0.1) is 11.3 Å². The van der Waals surface area contributed by atoms with E-state index in [2.05, 4.69) is 5.32 Å². The Hall–Kier alpha value is -2.64. The molecule has 0 bridgehead atoms. The molecular weight excluding hydrogens is 370 g/mol. The van der Waals surface area contributed by atoms with Crippen molar-refractivity contribution in [1.82, 2.24) is 5.32 Å². The molecule has 0 aliphatic carbocycles. The lowest BCUT2D eigenvalue weighted by Gasteiger charge is -2.17. The second-order valence-electron chi connectivity index (χ2n) is 5.45. The summed E-state index contributed by atoms with van der Waals surface area (Å²) >= 11 is 1.34. The third kappa shape index (κ3) is 4.30. The number of ether oxygens (including phenoxy) is 1. The Balaban J connectivity index is 1.77. The zero-order valence-electron chi connectivity index (χ0n) is 13.7. The Labute approximate surface area is 156 Å². The van der Waals surface area contributed by atoms with Crippen LogP contribution in [-0.2, 0) is 9.84 Å². The molecule has 3 rings (SSSR count). The number of carbonyl (C=O) groups excluding carboxylic acids is 1.